The normalized spacial score (nSPS) is 16.1. The number of allylic oxidation sites excluding steroid dienone is 5. The van der Waals surface area contributed by atoms with Crippen LogP contribution in [0, 0.1) is 0 Å². The lowest BCUT2D eigenvalue weighted by atomic mass is 10.1. The van der Waals surface area contributed by atoms with Gasteiger partial charge in [-0.15, -0.1) is 0 Å². The van der Waals surface area contributed by atoms with Gasteiger partial charge in [0.1, 0.15) is 5.82 Å². The van der Waals surface area contributed by atoms with Crippen molar-refractivity contribution in [1.82, 2.24) is 19.7 Å². The van der Waals surface area contributed by atoms with E-state index in [4.69, 9.17) is 5.73 Å². The van der Waals surface area contributed by atoms with Gasteiger partial charge in [-0.05, 0) is 24.1 Å². The maximum atomic E-state index is 12.1. The minimum Gasteiger partial charge on any atom is -0.384 e. The van der Waals surface area contributed by atoms with Crippen molar-refractivity contribution < 1.29 is 4.79 Å². The third kappa shape index (κ3) is 6.62. The molecule has 174 valence electrons. The minimum absolute atomic E-state index is 0.0505. The van der Waals surface area contributed by atoms with Gasteiger partial charge >= 0.3 is 0 Å². The highest BCUT2D eigenvalue weighted by molar-refractivity contribution is 5.83. The monoisotopic (exact) mass is 446 g/mol. The number of pyridine rings is 1. The molecule has 1 aliphatic rings. The Morgan fingerprint density at radius 1 is 1.18 bits per heavy atom. The number of fused-ring (bicyclic) bond motifs is 1. The largest absolute Gasteiger partial charge is 0.384 e. The first-order valence-corrected chi connectivity index (χ1v) is 11.4. The fourth-order valence-electron chi connectivity index (χ4n) is 3.09. The smallest absolute Gasteiger partial charge is 0.222 e. The molecule has 0 unspecified atom stereocenters. The summed E-state index contributed by atoms with van der Waals surface area (Å²) >= 11 is 0. The van der Waals surface area contributed by atoms with Crippen LogP contribution in [-0.2, 0) is 4.79 Å². The summed E-state index contributed by atoms with van der Waals surface area (Å²) < 4.78 is 1.58. The van der Waals surface area contributed by atoms with Gasteiger partial charge in [0.15, 0.2) is 5.82 Å². The Labute approximate surface area is 196 Å². The number of rotatable bonds is 6. The van der Waals surface area contributed by atoms with Crippen molar-refractivity contribution in [3.05, 3.63) is 67.2 Å². The number of nitrogens with zero attached hydrogens (tertiary/aromatic N) is 5. The van der Waals surface area contributed by atoms with Gasteiger partial charge in [0.05, 0.1) is 18.4 Å². The lowest BCUT2D eigenvalue weighted by molar-refractivity contribution is -0.129. The van der Waals surface area contributed by atoms with E-state index in [0.717, 1.165) is 28.8 Å². The fraction of sp³-hybridized carbons (Fsp3) is 0.308. The van der Waals surface area contributed by atoms with Crippen molar-refractivity contribution in [2.75, 3.05) is 13.1 Å². The maximum Gasteiger partial charge on any atom is 0.222 e. The van der Waals surface area contributed by atoms with Crippen LogP contribution in [-0.4, -0.2) is 44.9 Å². The number of hydrogen-bond donors (Lipinski definition) is 1. The topological polar surface area (TPSA) is 89.4 Å². The van der Waals surface area contributed by atoms with Gasteiger partial charge in [0.2, 0.25) is 5.91 Å². The molecule has 2 aromatic heterocycles. The average molecular weight is 447 g/mol. The first kappa shape index (κ1) is 25.5. The second-order valence-corrected chi connectivity index (χ2v) is 7.04. The van der Waals surface area contributed by atoms with E-state index in [0.29, 0.717) is 31.1 Å². The van der Waals surface area contributed by atoms with Crippen molar-refractivity contribution in [3.8, 4) is 11.1 Å². The third-order valence-corrected chi connectivity index (χ3v) is 4.86. The van der Waals surface area contributed by atoms with Crippen LogP contribution in [0.5, 0.6) is 0 Å². The van der Waals surface area contributed by atoms with Crippen LogP contribution < -0.4 is 5.73 Å². The lowest BCUT2D eigenvalue weighted by Crippen LogP contribution is -2.32. The molecule has 1 aliphatic heterocycles. The van der Waals surface area contributed by atoms with Gasteiger partial charge in [-0.3, -0.25) is 9.78 Å². The molecule has 7 nitrogen and oxygen atoms in total. The quantitative estimate of drug-likeness (QED) is 0.616. The summed E-state index contributed by atoms with van der Waals surface area (Å²) in [5, 5.41) is 4.41. The molecule has 3 rings (SSSR count). The van der Waals surface area contributed by atoms with Gasteiger partial charge in [0.25, 0.3) is 0 Å². The molecule has 0 aromatic carbocycles. The van der Waals surface area contributed by atoms with Crippen LogP contribution in [0.3, 0.4) is 0 Å². The Kier molecular flexibility index (Phi) is 10.0. The average Bonchev–Trinajstić information content (AvgIpc) is 3.30. The molecular weight excluding hydrogens is 412 g/mol. The zero-order chi connectivity index (χ0) is 24.2. The van der Waals surface area contributed by atoms with Gasteiger partial charge in [-0.2, -0.15) is 9.78 Å². The van der Waals surface area contributed by atoms with Gasteiger partial charge < -0.3 is 10.6 Å². The highest BCUT2D eigenvalue weighted by atomic mass is 16.2. The summed E-state index contributed by atoms with van der Waals surface area (Å²) in [7, 11) is 0. The zero-order valence-corrected chi connectivity index (χ0v) is 20.0. The first-order chi connectivity index (χ1) is 16.0. The minimum atomic E-state index is 0.0505. The molecule has 2 N–H and O–H groups in total. The molecule has 0 spiro atoms. The fourth-order valence-corrected chi connectivity index (χ4v) is 3.09. The molecule has 0 saturated carbocycles. The van der Waals surface area contributed by atoms with Crippen LogP contribution in [0.1, 0.15) is 46.2 Å². The van der Waals surface area contributed by atoms with Crippen LogP contribution in [0.2, 0.25) is 0 Å². The van der Waals surface area contributed by atoms with Crippen LogP contribution in [0.4, 0.5) is 5.82 Å². The van der Waals surface area contributed by atoms with Crippen LogP contribution in [0.15, 0.2) is 66.5 Å². The molecule has 0 bridgehead atoms. The first-order valence-electron chi connectivity index (χ1n) is 11.4. The number of carbonyl (C=O) groups is 1. The molecule has 1 amide bonds. The molecule has 0 radical (unpaired) electrons. The summed E-state index contributed by atoms with van der Waals surface area (Å²) in [6, 6.07) is 3.89. The predicted molar refractivity (Wildman–Crippen MR) is 138 cm³/mol. The Morgan fingerprint density at radius 2 is 1.97 bits per heavy atom. The summed E-state index contributed by atoms with van der Waals surface area (Å²) in [5.41, 5.74) is 9.54. The van der Waals surface area contributed by atoms with Crippen LogP contribution >= 0.6 is 0 Å². The second-order valence-electron chi connectivity index (χ2n) is 7.04. The predicted octanol–water partition coefficient (Wildman–Crippen LogP) is 5.22. The van der Waals surface area contributed by atoms with Crippen molar-refractivity contribution in [3.63, 3.8) is 0 Å². The maximum absolute atomic E-state index is 12.1. The van der Waals surface area contributed by atoms with Crippen molar-refractivity contribution in [2.24, 2.45) is 10.7 Å². The molecule has 3 heterocycles. The van der Waals surface area contributed by atoms with E-state index in [1.54, 1.807) is 34.3 Å². The Morgan fingerprint density at radius 3 is 2.64 bits per heavy atom. The Hall–Kier alpha value is -3.74. The highest BCUT2D eigenvalue weighted by Crippen LogP contribution is 2.31. The third-order valence-electron chi connectivity index (χ3n) is 4.86. The molecule has 7 heteroatoms. The van der Waals surface area contributed by atoms with Crippen molar-refractivity contribution in [2.45, 2.75) is 40.5 Å². The summed E-state index contributed by atoms with van der Waals surface area (Å²) in [6.45, 7) is 12.8. The zero-order valence-electron chi connectivity index (χ0n) is 20.0. The Bertz CT molecular complexity index is 1060. The Balaban J connectivity index is 0.00000187. The molecule has 2 aromatic rings. The van der Waals surface area contributed by atoms with Crippen molar-refractivity contribution in [1.29, 1.82) is 0 Å². The number of nitrogens with two attached hydrogens (primary N) is 1. The van der Waals surface area contributed by atoms with E-state index in [-0.39, 0.29) is 5.91 Å². The molecule has 0 aliphatic carbocycles. The van der Waals surface area contributed by atoms with Crippen LogP contribution in [0.25, 0.3) is 22.5 Å². The number of hydrogen-bond acceptors (Lipinski definition) is 5. The molecule has 0 atom stereocenters. The van der Waals surface area contributed by atoms with Gasteiger partial charge in [0, 0.05) is 36.5 Å². The van der Waals surface area contributed by atoms with Gasteiger partial charge in [-0.1, -0.05) is 64.6 Å². The van der Waals surface area contributed by atoms with Gasteiger partial charge in [-0.25, -0.2) is 4.99 Å². The number of carbonyl (C=O) groups excluding carboxylic acids is 1. The SMILES string of the molecule is C=C(/C=C\C=C/CC)c1ccc(-c2cnn3c2/N=C/CN(C(=O)CC)C/C=C/3N)cn1.CC. The molecule has 0 saturated heterocycles. The number of aromatic nitrogens is 3. The molecule has 33 heavy (non-hydrogen) atoms. The highest BCUT2D eigenvalue weighted by Gasteiger charge is 2.17. The lowest BCUT2D eigenvalue weighted by Gasteiger charge is -2.17. The summed E-state index contributed by atoms with van der Waals surface area (Å²) in [5.74, 6) is 1.09. The van der Waals surface area contributed by atoms with E-state index in [1.807, 2.05) is 51.1 Å². The summed E-state index contributed by atoms with van der Waals surface area (Å²) in [6.07, 6.45) is 16.4. The summed E-state index contributed by atoms with van der Waals surface area (Å²) in [4.78, 5) is 22.9. The molecule has 0 fully saturated rings. The molecular formula is C26H34N6O. The van der Waals surface area contributed by atoms with E-state index >= 15 is 0 Å². The van der Waals surface area contributed by atoms with E-state index in [1.165, 1.54) is 0 Å². The van der Waals surface area contributed by atoms with E-state index in [2.05, 4.69) is 34.7 Å². The van der Waals surface area contributed by atoms with E-state index < -0.39 is 0 Å². The van der Waals surface area contributed by atoms with Crippen molar-refractivity contribution >= 4 is 29.3 Å². The second kappa shape index (κ2) is 13.0. The standard InChI is InChI=1S/C24H28N6O.C2H6/c1-4-6-7-8-9-18(3)21-11-10-19(16-27-21)20-17-28-30-22(25)12-14-29(23(31)5-2)15-13-26-24(20)30;1-2/h6-13,16-17H,3-5,14-15,25H2,1-2H3;1-2H3/b7-6-,9-8-,22-12+,26-13+;. The van der Waals surface area contributed by atoms with E-state index in [9.17, 15) is 4.79 Å². The number of aliphatic imine (C=N–C) groups is 1. The number of amides is 1.